The van der Waals surface area contributed by atoms with Crippen LogP contribution in [0.2, 0.25) is 0 Å². The van der Waals surface area contributed by atoms with Gasteiger partial charge in [-0.3, -0.25) is 0 Å². The van der Waals surface area contributed by atoms with E-state index in [1.54, 1.807) is 0 Å². The maximum atomic E-state index is 3.63. The number of nitrogens with one attached hydrogen (secondary N) is 1. The number of thioether (sulfide) groups is 1. The SMILES string of the molecule is CNC(CCN(C)CCSC)c1ccccc1Br. The number of nitrogens with zero attached hydrogens (tertiary/aromatic N) is 1. The second kappa shape index (κ2) is 8.97. The van der Waals surface area contributed by atoms with E-state index in [0.29, 0.717) is 6.04 Å². The third kappa shape index (κ3) is 5.31. The van der Waals surface area contributed by atoms with E-state index in [1.807, 2.05) is 18.8 Å². The molecule has 0 radical (unpaired) electrons. The maximum Gasteiger partial charge on any atom is 0.0340 e. The molecule has 0 bridgehead atoms. The van der Waals surface area contributed by atoms with Crippen molar-refractivity contribution in [3.8, 4) is 0 Å². The van der Waals surface area contributed by atoms with Crippen molar-refractivity contribution in [1.29, 1.82) is 0 Å². The summed E-state index contributed by atoms with van der Waals surface area (Å²) >= 11 is 5.53. The topological polar surface area (TPSA) is 15.3 Å². The molecule has 1 atom stereocenters. The lowest BCUT2D eigenvalue weighted by Crippen LogP contribution is -2.27. The van der Waals surface area contributed by atoms with Crippen molar-refractivity contribution < 1.29 is 0 Å². The van der Waals surface area contributed by atoms with Gasteiger partial charge in [-0.1, -0.05) is 34.1 Å². The highest BCUT2D eigenvalue weighted by atomic mass is 79.9. The Morgan fingerprint density at radius 2 is 2.06 bits per heavy atom. The van der Waals surface area contributed by atoms with E-state index in [-0.39, 0.29) is 0 Å². The first kappa shape index (κ1) is 16.0. The van der Waals surface area contributed by atoms with Crippen molar-refractivity contribution in [1.82, 2.24) is 10.2 Å². The van der Waals surface area contributed by atoms with Gasteiger partial charge in [0, 0.05) is 22.8 Å². The highest BCUT2D eigenvalue weighted by Crippen LogP contribution is 2.25. The Morgan fingerprint density at radius 1 is 1.33 bits per heavy atom. The zero-order valence-corrected chi connectivity index (χ0v) is 13.9. The van der Waals surface area contributed by atoms with Crippen molar-refractivity contribution >= 4 is 27.7 Å². The van der Waals surface area contributed by atoms with Crippen LogP contribution in [0.15, 0.2) is 28.7 Å². The molecule has 1 unspecified atom stereocenters. The number of halogens is 1. The standard InChI is InChI=1S/C14H23BrN2S/c1-16-14(8-9-17(2)10-11-18-3)12-6-4-5-7-13(12)15/h4-7,14,16H,8-11H2,1-3H3. The van der Waals surface area contributed by atoms with Crippen LogP contribution in [0.3, 0.4) is 0 Å². The molecule has 0 heterocycles. The number of benzene rings is 1. The molecule has 0 fully saturated rings. The third-order valence-corrected chi connectivity index (χ3v) is 4.42. The van der Waals surface area contributed by atoms with Crippen LogP contribution in [-0.2, 0) is 0 Å². The molecule has 1 N–H and O–H groups in total. The van der Waals surface area contributed by atoms with Gasteiger partial charge in [0.25, 0.3) is 0 Å². The molecule has 4 heteroatoms. The molecule has 0 aliphatic heterocycles. The molecular weight excluding hydrogens is 308 g/mol. The molecule has 0 saturated carbocycles. The van der Waals surface area contributed by atoms with Gasteiger partial charge in [-0.15, -0.1) is 0 Å². The molecule has 1 aromatic carbocycles. The number of rotatable bonds is 8. The normalized spacial score (nSPS) is 12.9. The monoisotopic (exact) mass is 330 g/mol. The first-order valence-corrected chi connectivity index (χ1v) is 8.47. The Labute approximate surface area is 124 Å². The third-order valence-electron chi connectivity index (χ3n) is 3.11. The van der Waals surface area contributed by atoms with Gasteiger partial charge in [-0.05, 0) is 44.9 Å². The molecule has 0 aliphatic carbocycles. The first-order chi connectivity index (χ1) is 8.69. The minimum Gasteiger partial charge on any atom is -0.313 e. The van der Waals surface area contributed by atoms with E-state index in [2.05, 4.69) is 63.7 Å². The van der Waals surface area contributed by atoms with Gasteiger partial charge in [0.05, 0.1) is 0 Å². The van der Waals surface area contributed by atoms with Crippen LogP contribution in [-0.4, -0.2) is 44.1 Å². The zero-order chi connectivity index (χ0) is 13.4. The lowest BCUT2D eigenvalue weighted by Gasteiger charge is -2.22. The second-order valence-electron chi connectivity index (χ2n) is 4.45. The maximum absolute atomic E-state index is 3.63. The fourth-order valence-electron chi connectivity index (χ4n) is 1.92. The van der Waals surface area contributed by atoms with Crippen LogP contribution in [0.4, 0.5) is 0 Å². The molecular formula is C14H23BrN2S. The van der Waals surface area contributed by atoms with Crippen LogP contribution in [0.5, 0.6) is 0 Å². The minimum absolute atomic E-state index is 0.414. The Bertz CT molecular complexity index is 346. The van der Waals surface area contributed by atoms with Crippen molar-refractivity contribution in [2.24, 2.45) is 0 Å². The molecule has 0 saturated heterocycles. The predicted octanol–water partition coefficient (Wildman–Crippen LogP) is 3.39. The fourth-order valence-corrected chi connectivity index (χ4v) is 2.98. The Morgan fingerprint density at radius 3 is 2.67 bits per heavy atom. The number of hydrogen-bond donors (Lipinski definition) is 1. The highest BCUT2D eigenvalue weighted by molar-refractivity contribution is 9.10. The average molecular weight is 331 g/mol. The molecule has 2 nitrogen and oxygen atoms in total. The van der Waals surface area contributed by atoms with E-state index >= 15 is 0 Å². The smallest absolute Gasteiger partial charge is 0.0340 e. The van der Waals surface area contributed by atoms with E-state index in [4.69, 9.17) is 0 Å². The summed E-state index contributed by atoms with van der Waals surface area (Å²) in [6.07, 6.45) is 3.29. The summed E-state index contributed by atoms with van der Waals surface area (Å²) in [7, 11) is 4.23. The van der Waals surface area contributed by atoms with Crippen LogP contribution in [0, 0.1) is 0 Å². The van der Waals surface area contributed by atoms with Crippen LogP contribution >= 0.6 is 27.7 Å². The van der Waals surface area contributed by atoms with E-state index < -0.39 is 0 Å². The quantitative estimate of drug-likeness (QED) is 0.786. The lowest BCUT2D eigenvalue weighted by atomic mass is 10.0. The summed E-state index contributed by atoms with van der Waals surface area (Å²) in [5.41, 5.74) is 1.35. The van der Waals surface area contributed by atoms with Gasteiger partial charge in [0.2, 0.25) is 0 Å². The molecule has 1 aromatic rings. The zero-order valence-electron chi connectivity index (χ0n) is 11.4. The molecule has 18 heavy (non-hydrogen) atoms. The summed E-state index contributed by atoms with van der Waals surface area (Å²) in [6, 6.07) is 8.87. The largest absolute Gasteiger partial charge is 0.313 e. The van der Waals surface area contributed by atoms with Crippen molar-refractivity contribution in [3.05, 3.63) is 34.3 Å². The van der Waals surface area contributed by atoms with E-state index in [9.17, 15) is 0 Å². The first-order valence-electron chi connectivity index (χ1n) is 6.28. The van der Waals surface area contributed by atoms with Gasteiger partial charge in [0.15, 0.2) is 0 Å². The summed E-state index contributed by atoms with van der Waals surface area (Å²) in [5.74, 6) is 1.20. The molecule has 1 rings (SSSR count). The number of hydrogen-bond acceptors (Lipinski definition) is 3. The molecule has 0 aliphatic rings. The van der Waals surface area contributed by atoms with Gasteiger partial charge in [-0.2, -0.15) is 11.8 Å². The van der Waals surface area contributed by atoms with Crippen molar-refractivity contribution in [2.75, 3.05) is 39.2 Å². The van der Waals surface area contributed by atoms with Crippen LogP contribution < -0.4 is 5.32 Å². The Kier molecular flexibility index (Phi) is 7.98. The van der Waals surface area contributed by atoms with Gasteiger partial charge >= 0.3 is 0 Å². The van der Waals surface area contributed by atoms with Crippen molar-refractivity contribution in [2.45, 2.75) is 12.5 Å². The van der Waals surface area contributed by atoms with Crippen LogP contribution in [0.1, 0.15) is 18.0 Å². The highest BCUT2D eigenvalue weighted by Gasteiger charge is 2.12. The Balaban J connectivity index is 2.50. The fraction of sp³-hybridized carbons (Fsp3) is 0.571. The van der Waals surface area contributed by atoms with Gasteiger partial charge in [0.1, 0.15) is 0 Å². The molecule has 102 valence electrons. The molecule has 0 aromatic heterocycles. The molecule has 0 amide bonds. The average Bonchev–Trinajstić information content (AvgIpc) is 2.39. The predicted molar refractivity (Wildman–Crippen MR) is 86.4 cm³/mol. The molecule has 0 spiro atoms. The minimum atomic E-state index is 0.414. The second-order valence-corrected chi connectivity index (χ2v) is 6.29. The summed E-state index contributed by atoms with van der Waals surface area (Å²) in [6.45, 7) is 2.28. The summed E-state index contributed by atoms with van der Waals surface area (Å²) in [4.78, 5) is 2.40. The van der Waals surface area contributed by atoms with Crippen molar-refractivity contribution in [3.63, 3.8) is 0 Å². The summed E-state index contributed by atoms with van der Waals surface area (Å²) in [5, 5.41) is 3.41. The van der Waals surface area contributed by atoms with E-state index in [1.165, 1.54) is 15.8 Å². The van der Waals surface area contributed by atoms with Crippen LogP contribution in [0.25, 0.3) is 0 Å². The lowest BCUT2D eigenvalue weighted by molar-refractivity contribution is 0.328. The van der Waals surface area contributed by atoms with E-state index in [0.717, 1.165) is 19.5 Å². The van der Waals surface area contributed by atoms with Gasteiger partial charge < -0.3 is 10.2 Å². The van der Waals surface area contributed by atoms with Gasteiger partial charge in [-0.25, -0.2) is 0 Å². The Hall–Kier alpha value is -0.0300. The summed E-state index contributed by atoms with van der Waals surface area (Å²) < 4.78 is 1.19.